The molecule has 0 saturated heterocycles. The van der Waals surface area contributed by atoms with Crippen LogP contribution in [0.1, 0.15) is 0 Å². The first-order chi connectivity index (χ1) is 32.3. The van der Waals surface area contributed by atoms with Crippen LogP contribution < -0.4 is 18.9 Å². The van der Waals surface area contributed by atoms with E-state index in [1.807, 2.05) is 0 Å². The maximum Gasteiger partial charge on any atom is 0.330 e. The van der Waals surface area contributed by atoms with Crippen molar-refractivity contribution in [2.45, 2.75) is 0 Å². The zero-order chi connectivity index (χ0) is 47.7. The van der Waals surface area contributed by atoms with Gasteiger partial charge in [0.15, 0.2) is 0 Å². The highest BCUT2D eigenvalue weighted by atomic mass is 16.6. The van der Waals surface area contributed by atoms with Crippen molar-refractivity contribution in [1.82, 2.24) is 0 Å². The smallest absolute Gasteiger partial charge is 0.330 e. The van der Waals surface area contributed by atoms with Crippen LogP contribution in [0.25, 0.3) is 10.8 Å². The molecule has 2 rings (SSSR count). The highest BCUT2D eigenvalue weighted by Crippen LogP contribution is 2.44. The number of esters is 4. The summed E-state index contributed by atoms with van der Waals surface area (Å²) in [5.74, 6) is -0.218. The van der Waals surface area contributed by atoms with E-state index in [4.69, 9.17) is 75.8 Å². The number of carbonyl (C=O) groups excluding carboxylic acids is 4. The molecule has 0 amide bonds. The molecule has 2 aromatic rings. The largest absolute Gasteiger partial charge is 0.490 e. The molecule has 0 spiro atoms. The minimum Gasteiger partial charge on any atom is -0.490 e. The van der Waals surface area contributed by atoms with Crippen LogP contribution in [0.15, 0.2) is 74.9 Å². The molecule has 0 saturated carbocycles. The second kappa shape index (κ2) is 38.7. The van der Waals surface area contributed by atoms with Crippen LogP contribution in [0, 0.1) is 0 Å². The van der Waals surface area contributed by atoms with E-state index < -0.39 is 23.9 Å². The van der Waals surface area contributed by atoms with Crippen molar-refractivity contribution in [2.75, 3.05) is 159 Å². The van der Waals surface area contributed by atoms with E-state index in [2.05, 4.69) is 26.3 Å². The van der Waals surface area contributed by atoms with Crippen molar-refractivity contribution in [3.8, 4) is 23.0 Å². The standard InChI is InChI=1S/C46H64O20/c1-5-41(47)63-33-25-55-17-13-51-21-29-59-37-9-10-39(61-31-23-53-15-19-57-27-35-65-43(49)7-3)46-40(62-32-24-54-16-20-58-28-36-66-44(50)8-4)12-11-38(45(37)46)60-30-22-52-14-18-56-26-34-64-42(48)6-2/h5-12H,1-4,13-36H2. The van der Waals surface area contributed by atoms with E-state index in [-0.39, 0.29) is 159 Å². The van der Waals surface area contributed by atoms with Gasteiger partial charge in [0.05, 0.1) is 116 Å². The molecule has 0 unspecified atom stereocenters. The Morgan fingerprint density at radius 1 is 0.288 bits per heavy atom. The zero-order valence-corrected chi connectivity index (χ0v) is 37.6. The van der Waals surface area contributed by atoms with Gasteiger partial charge in [0.1, 0.15) is 75.9 Å². The number of benzene rings is 2. The molecular weight excluding hydrogens is 872 g/mol. The predicted octanol–water partition coefficient (Wildman–Crippen LogP) is 3.40. The van der Waals surface area contributed by atoms with E-state index >= 15 is 0 Å². The minimum absolute atomic E-state index is 0.105. The van der Waals surface area contributed by atoms with Crippen molar-refractivity contribution >= 4 is 34.6 Å². The summed E-state index contributed by atoms with van der Waals surface area (Å²) >= 11 is 0. The third-order valence-electron chi connectivity index (χ3n) is 7.99. The summed E-state index contributed by atoms with van der Waals surface area (Å²) in [7, 11) is 0. The second-order valence-corrected chi connectivity index (χ2v) is 12.7. The fourth-order valence-electron chi connectivity index (χ4n) is 5.02. The number of hydrogen-bond donors (Lipinski definition) is 0. The molecule has 0 radical (unpaired) electrons. The number of hydrogen-bond acceptors (Lipinski definition) is 20. The lowest BCUT2D eigenvalue weighted by Crippen LogP contribution is -2.15. The topological polar surface area (TPSA) is 216 Å². The van der Waals surface area contributed by atoms with E-state index in [1.165, 1.54) is 0 Å². The van der Waals surface area contributed by atoms with Crippen molar-refractivity contribution < 1.29 is 95.0 Å². The van der Waals surface area contributed by atoms with Gasteiger partial charge >= 0.3 is 23.9 Å². The number of ether oxygens (including phenoxy) is 16. The SMILES string of the molecule is C=CC(=O)OCCOCCOCCOc1ccc(OCCOCCOCCOC(=O)C=C)c2c(OCCOCCOCCOC(=O)C=C)ccc(OCCOCCOCCOC(=O)C=C)c12. The highest BCUT2D eigenvalue weighted by molar-refractivity contribution is 6.02. The van der Waals surface area contributed by atoms with Crippen molar-refractivity contribution in [2.24, 2.45) is 0 Å². The van der Waals surface area contributed by atoms with Crippen LogP contribution in [-0.4, -0.2) is 182 Å². The van der Waals surface area contributed by atoms with Gasteiger partial charge in [0, 0.05) is 24.3 Å². The Kier molecular flexibility index (Phi) is 33.1. The van der Waals surface area contributed by atoms with Gasteiger partial charge in [-0.3, -0.25) is 0 Å². The quantitative estimate of drug-likeness (QED) is 0.0403. The van der Waals surface area contributed by atoms with Gasteiger partial charge in [0.2, 0.25) is 0 Å². The molecule has 0 N–H and O–H groups in total. The molecule has 20 heteroatoms. The molecule has 0 aliphatic rings. The van der Waals surface area contributed by atoms with Crippen LogP contribution in [0.5, 0.6) is 23.0 Å². The van der Waals surface area contributed by atoms with Gasteiger partial charge in [-0.15, -0.1) is 0 Å². The van der Waals surface area contributed by atoms with Crippen LogP contribution >= 0.6 is 0 Å². The van der Waals surface area contributed by atoms with Crippen LogP contribution in [0.3, 0.4) is 0 Å². The second-order valence-electron chi connectivity index (χ2n) is 12.7. The summed E-state index contributed by atoms with van der Waals surface area (Å²) in [6.45, 7) is 18.6. The van der Waals surface area contributed by atoms with E-state index in [9.17, 15) is 19.2 Å². The van der Waals surface area contributed by atoms with Crippen LogP contribution in [0.4, 0.5) is 0 Å². The Morgan fingerprint density at radius 2 is 0.455 bits per heavy atom. The Hall–Kier alpha value is -5.58. The lowest BCUT2D eigenvalue weighted by molar-refractivity contribution is -0.140. The van der Waals surface area contributed by atoms with Gasteiger partial charge in [-0.05, 0) is 24.3 Å². The summed E-state index contributed by atoms with van der Waals surface area (Å²) in [4.78, 5) is 44.7. The molecule has 66 heavy (non-hydrogen) atoms. The molecule has 368 valence electrons. The summed E-state index contributed by atoms with van der Waals surface area (Å²) in [5, 5.41) is 1.13. The van der Waals surface area contributed by atoms with Gasteiger partial charge in [0.25, 0.3) is 0 Å². The maximum absolute atomic E-state index is 11.2. The van der Waals surface area contributed by atoms with Crippen molar-refractivity contribution in [1.29, 1.82) is 0 Å². The summed E-state index contributed by atoms with van der Waals surface area (Å²) < 4.78 is 89.1. The lowest BCUT2D eigenvalue weighted by atomic mass is 10.1. The van der Waals surface area contributed by atoms with E-state index in [1.54, 1.807) is 24.3 Å². The molecule has 0 atom stereocenters. The number of fused-ring (bicyclic) bond motifs is 1. The minimum atomic E-state index is -0.520. The van der Waals surface area contributed by atoms with Crippen LogP contribution in [0.2, 0.25) is 0 Å². The Labute approximate surface area is 385 Å². The first-order valence-electron chi connectivity index (χ1n) is 21.2. The maximum atomic E-state index is 11.2. The molecule has 0 fully saturated rings. The fourth-order valence-corrected chi connectivity index (χ4v) is 5.02. The van der Waals surface area contributed by atoms with E-state index in [0.717, 1.165) is 24.3 Å². The average Bonchev–Trinajstić information content (AvgIpc) is 3.33. The van der Waals surface area contributed by atoms with Crippen molar-refractivity contribution in [3.63, 3.8) is 0 Å². The van der Waals surface area contributed by atoms with Gasteiger partial charge in [-0.1, -0.05) is 26.3 Å². The molecule has 0 aliphatic heterocycles. The molecule has 0 bridgehead atoms. The first kappa shape index (κ1) is 56.5. The normalized spacial score (nSPS) is 10.7. The number of carbonyl (C=O) groups is 4. The van der Waals surface area contributed by atoms with Crippen LogP contribution in [-0.2, 0) is 76.0 Å². The first-order valence-corrected chi connectivity index (χ1v) is 21.2. The molecule has 0 aliphatic carbocycles. The molecule has 2 aromatic carbocycles. The molecular formula is C46H64O20. The third-order valence-corrected chi connectivity index (χ3v) is 7.99. The fraction of sp³-hybridized carbons (Fsp3) is 0.522. The Morgan fingerprint density at radius 3 is 0.636 bits per heavy atom. The van der Waals surface area contributed by atoms with Gasteiger partial charge < -0.3 is 75.8 Å². The molecule has 0 heterocycles. The highest BCUT2D eigenvalue weighted by Gasteiger charge is 2.19. The Bertz CT molecular complexity index is 1470. The third kappa shape index (κ3) is 27.0. The van der Waals surface area contributed by atoms with E-state index in [0.29, 0.717) is 33.8 Å². The monoisotopic (exact) mass is 936 g/mol. The molecule has 0 aromatic heterocycles. The zero-order valence-electron chi connectivity index (χ0n) is 37.6. The summed E-state index contributed by atoms with van der Waals surface area (Å²) in [6.07, 6.45) is 4.34. The molecule has 20 nitrogen and oxygen atoms in total. The summed E-state index contributed by atoms with van der Waals surface area (Å²) in [5.41, 5.74) is 0. The number of rotatable bonds is 44. The predicted molar refractivity (Wildman–Crippen MR) is 237 cm³/mol. The lowest BCUT2D eigenvalue weighted by Gasteiger charge is -2.20. The van der Waals surface area contributed by atoms with Gasteiger partial charge in [-0.25, -0.2) is 19.2 Å². The average molecular weight is 937 g/mol. The summed E-state index contributed by atoms with van der Waals surface area (Å²) in [6, 6.07) is 7.05. The van der Waals surface area contributed by atoms with Gasteiger partial charge in [-0.2, -0.15) is 0 Å². The van der Waals surface area contributed by atoms with Crippen molar-refractivity contribution in [3.05, 3.63) is 74.9 Å². The Balaban J connectivity index is 2.13.